The van der Waals surface area contributed by atoms with E-state index in [9.17, 15) is 20.0 Å². The summed E-state index contributed by atoms with van der Waals surface area (Å²) in [7, 11) is 0. The van der Waals surface area contributed by atoms with Gasteiger partial charge in [0, 0.05) is 19.5 Å². The van der Waals surface area contributed by atoms with Gasteiger partial charge < -0.3 is 15.3 Å². The molecule has 1 unspecified atom stereocenters. The van der Waals surface area contributed by atoms with Crippen LogP contribution in [0.5, 0.6) is 0 Å². The lowest BCUT2D eigenvalue weighted by Crippen LogP contribution is -2.43. The molecule has 0 spiro atoms. The Morgan fingerprint density at radius 2 is 2.08 bits per heavy atom. The lowest BCUT2D eigenvalue weighted by Gasteiger charge is -2.31. The summed E-state index contributed by atoms with van der Waals surface area (Å²) >= 11 is 0. The Kier molecular flexibility index (Phi) is 7.10. The Balaban J connectivity index is 1.72. The SMILES string of the molecule is Cc1nn(CCC(=O)NCC(O)CN2CCC(C)CC2)c(C)c1[N+](=O)[O-]. The number of aromatic nitrogens is 2. The van der Waals surface area contributed by atoms with Crippen molar-refractivity contribution in [1.29, 1.82) is 0 Å². The van der Waals surface area contributed by atoms with Crippen molar-refractivity contribution in [2.75, 3.05) is 26.2 Å². The largest absolute Gasteiger partial charge is 0.390 e. The third-order valence-electron chi connectivity index (χ3n) is 4.96. The summed E-state index contributed by atoms with van der Waals surface area (Å²) < 4.78 is 1.48. The van der Waals surface area contributed by atoms with Gasteiger partial charge >= 0.3 is 5.69 Å². The maximum absolute atomic E-state index is 12.0. The Morgan fingerprint density at radius 1 is 1.42 bits per heavy atom. The molecule has 9 nitrogen and oxygen atoms in total. The smallest absolute Gasteiger partial charge is 0.312 e. The zero-order chi connectivity index (χ0) is 19.3. The van der Waals surface area contributed by atoms with Crippen LogP contribution in [0.4, 0.5) is 5.69 Å². The molecule has 1 aromatic heterocycles. The third-order valence-corrected chi connectivity index (χ3v) is 4.96. The molecule has 1 atom stereocenters. The molecule has 1 aliphatic rings. The van der Waals surface area contributed by atoms with Gasteiger partial charge in [0.05, 0.1) is 17.6 Å². The number of carbonyl (C=O) groups excluding carboxylic acids is 1. The van der Waals surface area contributed by atoms with Crippen molar-refractivity contribution in [2.45, 2.75) is 52.7 Å². The maximum Gasteiger partial charge on any atom is 0.312 e. The van der Waals surface area contributed by atoms with Gasteiger partial charge in [-0.1, -0.05) is 6.92 Å². The number of hydrogen-bond acceptors (Lipinski definition) is 6. The van der Waals surface area contributed by atoms with Crippen LogP contribution in [0.15, 0.2) is 0 Å². The average Bonchev–Trinajstić information content (AvgIpc) is 2.87. The molecule has 1 aromatic rings. The van der Waals surface area contributed by atoms with E-state index in [-0.39, 0.29) is 31.1 Å². The Hall–Kier alpha value is -2.00. The van der Waals surface area contributed by atoms with Crippen LogP contribution in [0.1, 0.15) is 37.6 Å². The van der Waals surface area contributed by atoms with Crippen molar-refractivity contribution in [3.63, 3.8) is 0 Å². The van der Waals surface area contributed by atoms with Crippen LogP contribution < -0.4 is 5.32 Å². The lowest BCUT2D eigenvalue weighted by molar-refractivity contribution is -0.386. The van der Waals surface area contributed by atoms with E-state index in [0.29, 0.717) is 17.9 Å². The first-order valence-corrected chi connectivity index (χ1v) is 9.13. The topological polar surface area (TPSA) is 114 Å². The number of aryl methyl sites for hydroxylation is 2. The summed E-state index contributed by atoms with van der Waals surface area (Å²) in [4.78, 5) is 24.8. The molecule has 9 heteroatoms. The zero-order valence-corrected chi connectivity index (χ0v) is 15.8. The van der Waals surface area contributed by atoms with E-state index in [1.165, 1.54) is 4.68 Å². The molecule has 1 amide bonds. The standard InChI is InChI=1S/C17H29N5O4/c1-12-4-7-20(8-5-12)11-15(23)10-18-16(24)6-9-21-14(3)17(22(25)26)13(2)19-21/h12,15,23H,4-11H2,1-3H3,(H,18,24). The number of rotatable bonds is 8. The quantitative estimate of drug-likeness (QED) is 0.524. The second kappa shape index (κ2) is 9.09. The first-order chi connectivity index (χ1) is 12.3. The fraction of sp³-hybridized carbons (Fsp3) is 0.765. The van der Waals surface area contributed by atoms with Crippen LogP contribution in [0.3, 0.4) is 0 Å². The highest BCUT2D eigenvalue weighted by Gasteiger charge is 2.22. The van der Waals surface area contributed by atoms with E-state index in [0.717, 1.165) is 31.8 Å². The highest BCUT2D eigenvalue weighted by Crippen LogP contribution is 2.21. The third kappa shape index (κ3) is 5.50. The number of hydrogen-bond donors (Lipinski definition) is 2. The summed E-state index contributed by atoms with van der Waals surface area (Å²) in [6.07, 6.45) is 1.86. The number of nitro groups is 1. The molecule has 146 valence electrons. The number of nitrogens with one attached hydrogen (secondary N) is 1. The fourth-order valence-electron chi connectivity index (χ4n) is 3.30. The molecule has 0 aromatic carbocycles. The van der Waals surface area contributed by atoms with Gasteiger partial charge in [-0.2, -0.15) is 5.10 Å². The molecule has 2 N–H and O–H groups in total. The normalized spacial score (nSPS) is 17.2. The minimum absolute atomic E-state index is 0.00307. The Bertz CT molecular complexity index is 637. The number of carbonyl (C=O) groups is 1. The van der Waals surface area contributed by atoms with Gasteiger partial charge in [-0.15, -0.1) is 0 Å². The summed E-state index contributed by atoms with van der Waals surface area (Å²) in [6.45, 7) is 8.47. The van der Waals surface area contributed by atoms with E-state index in [4.69, 9.17) is 0 Å². The summed E-state index contributed by atoms with van der Waals surface area (Å²) in [5.41, 5.74) is 0.788. The van der Waals surface area contributed by atoms with Crippen LogP contribution >= 0.6 is 0 Å². The van der Waals surface area contributed by atoms with Crippen molar-refractivity contribution < 1.29 is 14.8 Å². The van der Waals surface area contributed by atoms with Crippen molar-refractivity contribution in [3.8, 4) is 0 Å². The van der Waals surface area contributed by atoms with Crippen LogP contribution in [0, 0.1) is 29.9 Å². The molecular weight excluding hydrogens is 338 g/mol. The van der Waals surface area contributed by atoms with Crippen molar-refractivity contribution in [2.24, 2.45) is 5.92 Å². The number of nitrogens with zero attached hydrogens (tertiary/aromatic N) is 4. The molecule has 0 saturated carbocycles. The van der Waals surface area contributed by atoms with Gasteiger partial charge in [0.2, 0.25) is 5.91 Å². The predicted octanol–water partition coefficient (Wildman–Crippen LogP) is 1.01. The fourth-order valence-corrected chi connectivity index (χ4v) is 3.30. The molecule has 0 bridgehead atoms. The summed E-state index contributed by atoms with van der Waals surface area (Å²) in [6, 6.07) is 0. The first-order valence-electron chi connectivity index (χ1n) is 9.13. The maximum atomic E-state index is 12.0. The number of piperidine rings is 1. The Labute approximate surface area is 153 Å². The molecule has 1 saturated heterocycles. The molecular formula is C17H29N5O4. The van der Waals surface area contributed by atoms with Gasteiger partial charge in [0.25, 0.3) is 0 Å². The van der Waals surface area contributed by atoms with E-state index < -0.39 is 11.0 Å². The predicted molar refractivity (Wildman–Crippen MR) is 96.8 cm³/mol. The number of aliphatic hydroxyl groups is 1. The van der Waals surface area contributed by atoms with E-state index in [2.05, 4.69) is 22.2 Å². The average molecular weight is 367 g/mol. The molecule has 2 heterocycles. The van der Waals surface area contributed by atoms with Gasteiger partial charge in [0.1, 0.15) is 11.4 Å². The highest BCUT2D eigenvalue weighted by molar-refractivity contribution is 5.75. The molecule has 1 fully saturated rings. The van der Waals surface area contributed by atoms with E-state index >= 15 is 0 Å². The number of amides is 1. The monoisotopic (exact) mass is 367 g/mol. The van der Waals surface area contributed by atoms with Crippen molar-refractivity contribution in [1.82, 2.24) is 20.0 Å². The number of aliphatic hydroxyl groups excluding tert-OH is 1. The molecule has 0 radical (unpaired) electrons. The van der Waals surface area contributed by atoms with Crippen LogP contribution in [0.25, 0.3) is 0 Å². The van der Waals surface area contributed by atoms with Gasteiger partial charge in [0.15, 0.2) is 0 Å². The minimum Gasteiger partial charge on any atom is -0.390 e. The zero-order valence-electron chi connectivity index (χ0n) is 15.8. The minimum atomic E-state index is -0.595. The molecule has 26 heavy (non-hydrogen) atoms. The summed E-state index contributed by atoms with van der Waals surface area (Å²) in [5.74, 6) is 0.542. The second-order valence-electron chi connectivity index (χ2n) is 7.19. The van der Waals surface area contributed by atoms with Crippen LogP contribution in [-0.2, 0) is 11.3 Å². The van der Waals surface area contributed by atoms with Gasteiger partial charge in [-0.05, 0) is 45.7 Å². The van der Waals surface area contributed by atoms with Crippen LogP contribution in [-0.4, -0.2) is 62.9 Å². The lowest BCUT2D eigenvalue weighted by atomic mass is 9.99. The molecule has 2 rings (SSSR count). The van der Waals surface area contributed by atoms with E-state index in [1.54, 1.807) is 13.8 Å². The van der Waals surface area contributed by atoms with Crippen LogP contribution in [0.2, 0.25) is 0 Å². The summed E-state index contributed by atoms with van der Waals surface area (Å²) in [5, 5.41) is 27.9. The van der Waals surface area contributed by atoms with Gasteiger partial charge in [-0.3, -0.25) is 19.6 Å². The van der Waals surface area contributed by atoms with E-state index in [1.807, 2.05) is 0 Å². The number of likely N-dealkylation sites (tertiary alicyclic amines) is 1. The first kappa shape index (κ1) is 20.3. The second-order valence-corrected chi connectivity index (χ2v) is 7.19. The number of β-amino-alcohol motifs (C(OH)–C–C–N with tert-alkyl or cyclic N) is 1. The van der Waals surface area contributed by atoms with Crippen molar-refractivity contribution in [3.05, 3.63) is 21.5 Å². The van der Waals surface area contributed by atoms with Crippen molar-refractivity contribution >= 4 is 11.6 Å². The molecule has 1 aliphatic heterocycles. The Morgan fingerprint density at radius 3 is 2.65 bits per heavy atom. The highest BCUT2D eigenvalue weighted by atomic mass is 16.6. The molecule has 0 aliphatic carbocycles. The van der Waals surface area contributed by atoms with Gasteiger partial charge in [-0.25, -0.2) is 0 Å².